The molecule has 6 nitrogen and oxygen atoms in total. The first-order valence-electron chi connectivity index (χ1n) is 10.3. The summed E-state index contributed by atoms with van der Waals surface area (Å²) >= 11 is 0. The second-order valence-electron chi connectivity index (χ2n) is 8.79. The Kier molecular flexibility index (Phi) is 5.27. The highest BCUT2D eigenvalue weighted by Gasteiger charge is 2.56. The molecule has 28 heavy (non-hydrogen) atoms. The van der Waals surface area contributed by atoms with Gasteiger partial charge in [0.2, 0.25) is 15.9 Å². The Hall–Kier alpha value is -1.44. The van der Waals surface area contributed by atoms with Gasteiger partial charge in [-0.2, -0.15) is 4.31 Å². The van der Waals surface area contributed by atoms with Crippen LogP contribution in [0.4, 0.5) is 0 Å². The van der Waals surface area contributed by atoms with Gasteiger partial charge in [-0.15, -0.1) is 0 Å². The predicted octanol–water partition coefficient (Wildman–Crippen LogP) is 1.67. The van der Waals surface area contributed by atoms with Gasteiger partial charge in [0.15, 0.2) is 0 Å². The zero-order valence-corrected chi connectivity index (χ0v) is 17.7. The van der Waals surface area contributed by atoms with Crippen LogP contribution in [-0.2, 0) is 20.2 Å². The van der Waals surface area contributed by atoms with E-state index in [1.165, 1.54) is 5.56 Å². The van der Waals surface area contributed by atoms with Crippen LogP contribution < -0.4 is 0 Å². The predicted molar refractivity (Wildman–Crippen MR) is 110 cm³/mol. The third kappa shape index (κ3) is 3.48. The lowest BCUT2D eigenvalue weighted by Gasteiger charge is -2.38. The van der Waals surface area contributed by atoms with Crippen molar-refractivity contribution in [2.45, 2.75) is 48.8 Å². The molecule has 0 N–H and O–H groups in total. The minimum absolute atomic E-state index is 0.148. The lowest BCUT2D eigenvalue weighted by molar-refractivity contribution is -0.131. The molecule has 1 aromatic rings. The third-order valence-corrected chi connectivity index (χ3v) is 9.14. The van der Waals surface area contributed by atoms with Gasteiger partial charge in [-0.1, -0.05) is 30.3 Å². The van der Waals surface area contributed by atoms with Crippen molar-refractivity contribution in [1.82, 2.24) is 14.1 Å². The number of likely N-dealkylation sites (N-methyl/N-ethyl adjacent to an activating group) is 1. The number of amides is 1. The zero-order valence-electron chi connectivity index (χ0n) is 16.9. The van der Waals surface area contributed by atoms with Crippen LogP contribution in [0.2, 0.25) is 0 Å². The molecular formula is C21H31N3O3S. The minimum atomic E-state index is -3.29. The van der Waals surface area contributed by atoms with Crippen molar-refractivity contribution in [1.29, 1.82) is 0 Å². The summed E-state index contributed by atoms with van der Waals surface area (Å²) in [6, 6.07) is 10.1. The molecule has 3 fully saturated rings. The summed E-state index contributed by atoms with van der Waals surface area (Å²) in [4.78, 5) is 16.8. The maximum Gasteiger partial charge on any atom is 0.222 e. The molecule has 0 aromatic heterocycles. The number of fused-ring (bicyclic) bond motifs is 1. The van der Waals surface area contributed by atoms with E-state index in [4.69, 9.17) is 0 Å². The number of likely N-dealkylation sites (tertiary alicyclic amines) is 1. The summed E-state index contributed by atoms with van der Waals surface area (Å²) in [5.41, 5.74) is 0.905. The highest BCUT2D eigenvalue weighted by atomic mass is 32.2. The van der Waals surface area contributed by atoms with E-state index in [-0.39, 0.29) is 22.6 Å². The van der Waals surface area contributed by atoms with Crippen molar-refractivity contribution in [2.24, 2.45) is 0 Å². The van der Waals surface area contributed by atoms with Crippen LogP contribution in [0.25, 0.3) is 0 Å². The summed E-state index contributed by atoms with van der Waals surface area (Å²) in [7, 11) is 0.707. The Morgan fingerprint density at radius 3 is 2.50 bits per heavy atom. The number of benzene rings is 1. The van der Waals surface area contributed by atoms with Crippen LogP contribution in [0.5, 0.6) is 0 Å². The number of hydrogen-bond acceptors (Lipinski definition) is 4. The standard InChI is InChI=1S/C21H31N3O3S/c1-22(2)14-15-23-16-19-21(11-10-20(23)25,17-6-4-3-5-7-17)12-13-24(19)28(26,27)18-8-9-18/h3-7,18-19H,8-16H2,1-2H3/t19-,21-/m1/s1. The van der Waals surface area contributed by atoms with Crippen molar-refractivity contribution in [3.63, 3.8) is 0 Å². The van der Waals surface area contributed by atoms with E-state index in [1.807, 2.05) is 37.2 Å². The average Bonchev–Trinajstić information content (AvgIpc) is 3.48. The highest BCUT2D eigenvalue weighted by Crippen LogP contribution is 2.48. The van der Waals surface area contributed by atoms with E-state index in [9.17, 15) is 13.2 Å². The maximum atomic E-state index is 13.2. The molecule has 2 saturated heterocycles. The second-order valence-corrected chi connectivity index (χ2v) is 11.0. The lowest BCUT2D eigenvalue weighted by Crippen LogP contribution is -2.51. The zero-order chi connectivity index (χ0) is 19.9. The number of rotatable bonds is 6. The van der Waals surface area contributed by atoms with Crippen molar-refractivity contribution in [3.8, 4) is 0 Å². The van der Waals surface area contributed by atoms with Crippen LogP contribution in [0, 0.1) is 0 Å². The Bertz CT molecular complexity index is 823. The fraction of sp³-hybridized carbons (Fsp3) is 0.667. The number of carbonyl (C=O) groups excluding carboxylic acids is 1. The molecule has 1 aromatic carbocycles. The Labute approximate surface area is 168 Å². The third-order valence-electron chi connectivity index (χ3n) is 6.73. The van der Waals surface area contributed by atoms with Gasteiger partial charge >= 0.3 is 0 Å². The van der Waals surface area contributed by atoms with Gasteiger partial charge in [0.05, 0.1) is 11.3 Å². The van der Waals surface area contributed by atoms with Gasteiger partial charge in [0.1, 0.15) is 0 Å². The Morgan fingerprint density at radius 2 is 1.86 bits per heavy atom. The molecule has 154 valence electrons. The van der Waals surface area contributed by atoms with Crippen LogP contribution in [0.1, 0.15) is 37.7 Å². The molecular weight excluding hydrogens is 374 g/mol. The first-order valence-corrected chi connectivity index (χ1v) is 11.8. The Morgan fingerprint density at radius 1 is 1.14 bits per heavy atom. The maximum absolute atomic E-state index is 13.2. The molecule has 1 aliphatic carbocycles. The first kappa shape index (κ1) is 19.9. The van der Waals surface area contributed by atoms with E-state index in [0.29, 0.717) is 26.1 Å². The van der Waals surface area contributed by atoms with Crippen molar-refractivity contribution < 1.29 is 13.2 Å². The largest absolute Gasteiger partial charge is 0.340 e. The van der Waals surface area contributed by atoms with Gasteiger partial charge < -0.3 is 9.80 Å². The SMILES string of the molecule is CN(C)CCN1C[C@H]2N(S(=O)(=O)C3CC3)CC[C@@]2(c2ccccc2)CCC1=O. The molecule has 0 spiro atoms. The van der Waals surface area contributed by atoms with Crippen LogP contribution in [0.3, 0.4) is 0 Å². The first-order chi connectivity index (χ1) is 13.3. The highest BCUT2D eigenvalue weighted by molar-refractivity contribution is 7.90. The molecule has 1 saturated carbocycles. The van der Waals surface area contributed by atoms with E-state index in [1.54, 1.807) is 4.31 Å². The topological polar surface area (TPSA) is 60.9 Å². The molecule has 3 aliphatic rings. The summed E-state index contributed by atoms with van der Waals surface area (Å²) < 4.78 is 28.2. The molecule has 2 aliphatic heterocycles. The number of nitrogens with zero attached hydrogens (tertiary/aromatic N) is 3. The number of hydrogen-bond donors (Lipinski definition) is 0. The van der Waals surface area contributed by atoms with E-state index < -0.39 is 10.0 Å². The van der Waals surface area contributed by atoms with Gasteiger partial charge in [0, 0.05) is 38.0 Å². The smallest absolute Gasteiger partial charge is 0.222 e. The molecule has 0 unspecified atom stereocenters. The molecule has 2 heterocycles. The van der Waals surface area contributed by atoms with E-state index in [2.05, 4.69) is 17.0 Å². The van der Waals surface area contributed by atoms with E-state index >= 15 is 0 Å². The molecule has 1 amide bonds. The van der Waals surface area contributed by atoms with Crippen LogP contribution in [-0.4, -0.2) is 80.0 Å². The van der Waals surface area contributed by atoms with Gasteiger partial charge in [0.25, 0.3) is 0 Å². The van der Waals surface area contributed by atoms with Gasteiger partial charge in [-0.05, 0) is 45.3 Å². The van der Waals surface area contributed by atoms with Gasteiger partial charge in [-0.25, -0.2) is 8.42 Å². The minimum Gasteiger partial charge on any atom is -0.340 e. The average molecular weight is 406 g/mol. The van der Waals surface area contributed by atoms with E-state index in [0.717, 1.165) is 32.2 Å². The fourth-order valence-corrected chi connectivity index (χ4v) is 7.00. The normalized spacial score (nSPS) is 29.2. The Balaban J connectivity index is 1.72. The summed E-state index contributed by atoms with van der Waals surface area (Å²) in [6.45, 7) is 2.48. The molecule has 0 bridgehead atoms. The fourth-order valence-electron chi connectivity index (χ4n) is 4.91. The van der Waals surface area contributed by atoms with Crippen LogP contribution >= 0.6 is 0 Å². The molecule has 4 rings (SSSR count). The molecule has 0 radical (unpaired) electrons. The summed E-state index contributed by atoms with van der Waals surface area (Å²) in [6.07, 6.45) is 3.54. The molecule has 7 heteroatoms. The number of carbonyl (C=O) groups is 1. The van der Waals surface area contributed by atoms with Crippen molar-refractivity contribution in [3.05, 3.63) is 35.9 Å². The van der Waals surface area contributed by atoms with Crippen molar-refractivity contribution >= 4 is 15.9 Å². The van der Waals surface area contributed by atoms with Crippen LogP contribution in [0.15, 0.2) is 30.3 Å². The summed E-state index contributed by atoms with van der Waals surface area (Å²) in [5.74, 6) is 0.148. The second kappa shape index (κ2) is 7.43. The lowest BCUT2D eigenvalue weighted by atomic mass is 9.71. The van der Waals surface area contributed by atoms with Crippen molar-refractivity contribution in [2.75, 3.05) is 40.3 Å². The molecule has 2 atom stereocenters. The van der Waals surface area contributed by atoms with Gasteiger partial charge in [-0.3, -0.25) is 4.79 Å². The number of sulfonamides is 1. The summed E-state index contributed by atoms with van der Waals surface area (Å²) in [5, 5.41) is -0.215. The quantitative estimate of drug-likeness (QED) is 0.722. The monoisotopic (exact) mass is 405 g/mol.